The van der Waals surface area contributed by atoms with Crippen LogP contribution < -0.4 is 11.1 Å². The maximum Gasteiger partial charge on any atom is 0.271 e. The molecular formula is C18H21N3O2S. The number of furan rings is 1. The highest BCUT2D eigenvalue weighted by Gasteiger charge is 2.26. The second kappa shape index (κ2) is 6.75. The molecule has 3 aromatic rings. The minimum absolute atomic E-state index is 0.181. The number of benzene rings is 1. The molecule has 0 aliphatic carbocycles. The van der Waals surface area contributed by atoms with Crippen molar-refractivity contribution >= 4 is 28.2 Å². The van der Waals surface area contributed by atoms with Crippen molar-refractivity contribution in [3.63, 3.8) is 0 Å². The van der Waals surface area contributed by atoms with Gasteiger partial charge in [0.25, 0.3) is 5.91 Å². The fourth-order valence-corrected chi connectivity index (χ4v) is 3.40. The van der Waals surface area contributed by atoms with Crippen LogP contribution in [0, 0.1) is 12.8 Å². The number of nitrogens with one attached hydrogen (secondary N) is 1. The van der Waals surface area contributed by atoms with Crippen molar-refractivity contribution < 1.29 is 9.21 Å². The zero-order valence-electron chi connectivity index (χ0n) is 14.0. The molecule has 0 radical (unpaired) electrons. The summed E-state index contributed by atoms with van der Waals surface area (Å²) in [5.74, 6) is 0.777. The summed E-state index contributed by atoms with van der Waals surface area (Å²) in [5, 5.41) is 6.62. The van der Waals surface area contributed by atoms with Gasteiger partial charge in [-0.3, -0.25) is 4.79 Å². The fourth-order valence-electron chi connectivity index (χ4n) is 2.75. The number of rotatable bonds is 5. The van der Waals surface area contributed by atoms with Gasteiger partial charge in [0, 0.05) is 22.9 Å². The number of nitrogens with two attached hydrogens (primary N) is 1. The van der Waals surface area contributed by atoms with Crippen molar-refractivity contribution in [2.45, 2.75) is 33.4 Å². The lowest BCUT2D eigenvalue weighted by atomic mass is 9.98. The van der Waals surface area contributed by atoms with Gasteiger partial charge in [0.2, 0.25) is 0 Å². The smallest absolute Gasteiger partial charge is 0.271 e. The molecule has 1 amide bonds. The average molecular weight is 343 g/mol. The number of carbonyl (C=O) groups is 1. The summed E-state index contributed by atoms with van der Waals surface area (Å²) in [6.45, 7) is 6.49. The standard InChI is InChI=1S/C18H21N3O2S/c1-10(2)16(21-18(22)13-9-24-15(8-19)20-13)17-11(3)12-6-4-5-7-14(12)23-17/h4-7,9-10,16H,8,19H2,1-3H3,(H,21,22). The molecule has 0 aliphatic rings. The Morgan fingerprint density at radius 1 is 1.38 bits per heavy atom. The van der Waals surface area contributed by atoms with Crippen molar-refractivity contribution in [1.29, 1.82) is 0 Å². The van der Waals surface area contributed by atoms with Crippen LogP contribution in [0.25, 0.3) is 11.0 Å². The lowest BCUT2D eigenvalue weighted by Gasteiger charge is -2.20. The molecule has 0 aliphatic heterocycles. The molecule has 6 heteroatoms. The number of aryl methyl sites for hydroxylation is 1. The molecule has 0 saturated heterocycles. The number of hydrogen-bond donors (Lipinski definition) is 2. The zero-order chi connectivity index (χ0) is 17.3. The maximum atomic E-state index is 12.5. The van der Waals surface area contributed by atoms with Crippen LogP contribution in [-0.4, -0.2) is 10.9 Å². The van der Waals surface area contributed by atoms with Gasteiger partial charge < -0.3 is 15.5 Å². The van der Waals surface area contributed by atoms with Crippen molar-refractivity contribution in [2.75, 3.05) is 0 Å². The van der Waals surface area contributed by atoms with Gasteiger partial charge in [-0.2, -0.15) is 0 Å². The van der Waals surface area contributed by atoms with Gasteiger partial charge in [-0.05, 0) is 18.9 Å². The van der Waals surface area contributed by atoms with Crippen molar-refractivity contribution in [1.82, 2.24) is 10.3 Å². The number of nitrogens with zero attached hydrogens (tertiary/aromatic N) is 1. The molecule has 3 N–H and O–H groups in total. The normalized spacial score (nSPS) is 12.7. The van der Waals surface area contributed by atoms with Crippen molar-refractivity contribution in [3.05, 3.63) is 51.7 Å². The van der Waals surface area contributed by atoms with Gasteiger partial charge in [-0.15, -0.1) is 11.3 Å². The molecular weight excluding hydrogens is 322 g/mol. The van der Waals surface area contributed by atoms with Gasteiger partial charge in [0.15, 0.2) is 0 Å². The Morgan fingerprint density at radius 2 is 2.12 bits per heavy atom. The summed E-state index contributed by atoms with van der Waals surface area (Å²) >= 11 is 1.40. The minimum Gasteiger partial charge on any atom is -0.459 e. The average Bonchev–Trinajstić information content (AvgIpc) is 3.18. The van der Waals surface area contributed by atoms with Crippen LogP contribution in [0.1, 0.15) is 46.7 Å². The highest BCUT2D eigenvalue weighted by molar-refractivity contribution is 7.09. The largest absolute Gasteiger partial charge is 0.459 e. The quantitative estimate of drug-likeness (QED) is 0.738. The number of thiazole rings is 1. The SMILES string of the molecule is Cc1c(C(NC(=O)c2csc(CN)n2)C(C)C)oc2ccccc12. The second-order valence-electron chi connectivity index (χ2n) is 6.11. The lowest BCUT2D eigenvalue weighted by molar-refractivity contribution is 0.0914. The Bertz CT molecular complexity index is 866. The maximum absolute atomic E-state index is 12.5. The topological polar surface area (TPSA) is 81.2 Å². The molecule has 0 saturated carbocycles. The number of para-hydroxylation sites is 1. The van der Waals surface area contributed by atoms with Crippen LogP contribution >= 0.6 is 11.3 Å². The first kappa shape index (κ1) is 16.7. The first-order chi connectivity index (χ1) is 11.5. The van der Waals surface area contributed by atoms with E-state index in [0.717, 1.165) is 27.3 Å². The summed E-state index contributed by atoms with van der Waals surface area (Å²) in [6.07, 6.45) is 0. The van der Waals surface area contributed by atoms with Gasteiger partial charge in [0.05, 0.1) is 6.04 Å². The van der Waals surface area contributed by atoms with Crippen LogP contribution in [0.4, 0.5) is 0 Å². The number of carbonyl (C=O) groups excluding carboxylic acids is 1. The summed E-state index contributed by atoms with van der Waals surface area (Å²) in [5.41, 5.74) is 7.87. The number of aromatic nitrogens is 1. The predicted octanol–water partition coefficient (Wildman–Crippen LogP) is 3.78. The lowest BCUT2D eigenvalue weighted by Crippen LogP contribution is -2.32. The van der Waals surface area contributed by atoms with E-state index < -0.39 is 0 Å². The van der Waals surface area contributed by atoms with Crippen LogP contribution in [0.15, 0.2) is 34.1 Å². The fraction of sp³-hybridized carbons (Fsp3) is 0.333. The second-order valence-corrected chi connectivity index (χ2v) is 7.06. The molecule has 5 nitrogen and oxygen atoms in total. The first-order valence-electron chi connectivity index (χ1n) is 7.94. The highest BCUT2D eigenvalue weighted by atomic mass is 32.1. The molecule has 0 bridgehead atoms. The van der Waals surface area contributed by atoms with E-state index in [2.05, 4.69) is 24.1 Å². The van der Waals surface area contributed by atoms with Crippen molar-refractivity contribution in [2.24, 2.45) is 11.7 Å². The van der Waals surface area contributed by atoms with E-state index in [1.54, 1.807) is 5.38 Å². The summed E-state index contributed by atoms with van der Waals surface area (Å²) in [6, 6.07) is 7.69. The molecule has 0 fully saturated rings. The molecule has 2 aromatic heterocycles. The van der Waals surface area contributed by atoms with E-state index in [1.165, 1.54) is 11.3 Å². The molecule has 126 valence electrons. The Balaban J connectivity index is 1.91. The summed E-state index contributed by atoms with van der Waals surface area (Å²) in [7, 11) is 0. The molecule has 1 atom stereocenters. The Labute approximate surface area is 144 Å². The number of hydrogen-bond acceptors (Lipinski definition) is 5. The molecule has 1 aromatic carbocycles. The Hall–Kier alpha value is -2.18. The minimum atomic E-state index is -0.215. The van der Waals surface area contributed by atoms with E-state index in [9.17, 15) is 4.79 Å². The van der Waals surface area contributed by atoms with E-state index in [1.807, 2.05) is 31.2 Å². The van der Waals surface area contributed by atoms with Crippen LogP contribution in [0.2, 0.25) is 0 Å². The summed E-state index contributed by atoms with van der Waals surface area (Å²) in [4.78, 5) is 16.8. The monoisotopic (exact) mass is 343 g/mol. The highest BCUT2D eigenvalue weighted by Crippen LogP contribution is 2.32. The van der Waals surface area contributed by atoms with Gasteiger partial charge in [-0.1, -0.05) is 32.0 Å². The zero-order valence-corrected chi connectivity index (χ0v) is 14.8. The van der Waals surface area contributed by atoms with Gasteiger partial charge in [0.1, 0.15) is 22.0 Å². The summed E-state index contributed by atoms with van der Waals surface area (Å²) < 4.78 is 6.03. The van der Waals surface area contributed by atoms with Crippen LogP contribution in [-0.2, 0) is 6.54 Å². The van der Waals surface area contributed by atoms with Gasteiger partial charge >= 0.3 is 0 Å². The van der Waals surface area contributed by atoms with Crippen molar-refractivity contribution in [3.8, 4) is 0 Å². The van der Waals surface area contributed by atoms with Crippen LogP contribution in [0.3, 0.4) is 0 Å². The third-order valence-electron chi connectivity index (χ3n) is 4.08. The molecule has 24 heavy (non-hydrogen) atoms. The van der Waals surface area contributed by atoms with Gasteiger partial charge in [-0.25, -0.2) is 4.98 Å². The Kier molecular flexibility index (Phi) is 4.69. The van der Waals surface area contributed by atoms with E-state index in [-0.39, 0.29) is 17.9 Å². The number of amides is 1. The molecule has 2 heterocycles. The van der Waals surface area contributed by atoms with Crippen LogP contribution in [0.5, 0.6) is 0 Å². The third-order valence-corrected chi connectivity index (χ3v) is 4.95. The van der Waals surface area contributed by atoms with E-state index in [4.69, 9.17) is 10.2 Å². The van der Waals surface area contributed by atoms with E-state index >= 15 is 0 Å². The Morgan fingerprint density at radius 3 is 2.75 bits per heavy atom. The molecule has 1 unspecified atom stereocenters. The van der Waals surface area contributed by atoms with E-state index in [0.29, 0.717) is 12.2 Å². The number of fused-ring (bicyclic) bond motifs is 1. The predicted molar refractivity (Wildman–Crippen MR) is 96.0 cm³/mol. The third kappa shape index (κ3) is 3.07. The molecule has 3 rings (SSSR count). The first-order valence-corrected chi connectivity index (χ1v) is 8.82. The molecule has 0 spiro atoms.